The van der Waals surface area contributed by atoms with Crippen LogP contribution in [-0.2, 0) is 4.74 Å². The van der Waals surface area contributed by atoms with E-state index in [1.54, 1.807) is 11.8 Å². The fourth-order valence-corrected chi connectivity index (χ4v) is 3.67. The van der Waals surface area contributed by atoms with Gasteiger partial charge in [0.15, 0.2) is 5.16 Å². The predicted molar refractivity (Wildman–Crippen MR) is 92.7 cm³/mol. The molecule has 23 heavy (non-hydrogen) atoms. The molecule has 1 aliphatic rings. The zero-order valence-electron chi connectivity index (χ0n) is 13.8. The number of H-pyrrole nitrogens is 1. The molecule has 0 bridgehead atoms. The van der Waals surface area contributed by atoms with Crippen LogP contribution in [0.3, 0.4) is 0 Å². The van der Waals surface area contributed by atoms with Crippen LogP contribution in [0.25, 0.3) is 11.0 Å². The molecule has 5 nitrogen and oxygen atoms in total. The maximum absolute atomic E-state index is 12.1. The van der Waals surface area contributed by atoms with Crippen LogP contribution >= 0.6 is 11.8 Å². The van der Waals surface area contributed by atoms with Gasteiger partial charge in [-0.05, 0) is 45.2 Å². The first kappa shape index (κ1) is 16.2. The van der Waals surface area contributed by atoms with Crippen molar-refractivity contribution < 1.29 is 9.53 Å². The molecule has 1 saturated heterocycles. The van der Waals surface area contributed by atoms with Crippen molar-refractivity contribution in [2.45, 2.75) is 37.9 Å². The largest absolute Gasteiger partial charge is 0.444 e. The van der Waals surface area contributed by atoms with Gasteiger partial charge in [-0.25, -0.2) is 9.78 Å². The van der Waals surface area contributed by atoms with E-state index in [1.165, 1.54) is 0 Å². The van der Waals surface area contributed by atoms with Crippen molar-refractivity contribution in [3.05, 3.63) is 24.3 Å². The minimum atomic E-state index is -0.432. The van der Waals surface area contributed by atoms with Crippen LogP contribution in [0.5, 0.6) is 0 Å². The summed E-state index contributed by atoms with van der Waals surface area (Å²) in [5.41, 5.74) is 1.63. The first-order valence-corrected chi connectivity index (χ1v) is 8.95. The van der Waals surface area contributed by atoms with Crippen LogP contribution < -0.4 is 0 Å². The number of amides is 1. The molecular formula is C17H23N3O2S. The van der Waals surface area contributed by atoms with E-state index in [4.69, 9.17) is 4.74 Å². The zero-order valence-corrected chi connectivity index (χ0v) is 14.7. The van der Waals surface area contributed by atoms with Crippen molar-refractivity contribution in [1.82, 2.24) is 14.9 Å². The number of nitrogens with zero attached hydrogens (tertiary/aromatic N) is 2. The molecule has 0 aliphatic carbocycles. The van der Waals surface area contributed by atoms with Gasteiger partial charge in [0.25, 0.3) is 0 Å². The summed E-state index contributed by atoms with van der Waals surface area (Å²) in [4.78, 5) is 21.8. The number of fused-ring (bicyclic) bond motifs is 1. The normalized spacial score (nSPS) is 18.6. The molecule has 1 aromatic heterocycles. The average Bonchev–Trinajstić information content (AvgIpc) is 3.09. The van der Waals surface area contributed by atoms with Crippen LogP contribution in [0.4, 0.5) is 4.79 Å². The number of carbonyl (C=O) groups excluding carboxylic acids is 1. The Bertz CT molecular complexity index is 659. The molecule has 0 spiro atoms. The van der Waals surface area contributed by atoms with Crippen molar-refractivity contribution >= 4 is 28.9 Å². The second-order valence-electron chi connectivity index (χ2n) is 6.95. The van der Waals surface area contributed by atoms with E-state index in [9.17, 15) is 4.79 Å². The summed E-state index contributed by atoms with van der Waals surface area (Å²) in [6.45, 7) is 7.24. The maximum atomic E-state index is 12.1. The third kappa shape index (κ3) is 4.19. The van der Waals surface area contributed by atoms with Crippen LogP contribution in [0.2, 0.25) is 0 Å². The Labute approximate surface area is 140 Å². The van der Waals surface area contributed by atoms with Crippen LogP contribution in [-0.4, -0.2) is 45.4 Å². The second-order valence-corrected chi connectivity index (χ2v) is 7.96. The number of rotatable bonds is 3. The highest BCUT2D eigenvalue weighted by atomic mass is 32.2. The summed E-state index contributed by atoms with van der Waals surface area (Å²) < 4.78 is 5.43. The van der Waals surface area contributed by atoms with Gasteiger partial charge in [-0.3, -0.25) is 0 Å². The van der Waals surface area contributed by atoms with Crippen molar-refractivity contribution in [3.63, 3.8) is 0 Å². The summed E-state index contributed by atoms with van der Waals surface area (Å²) in [6.07, 6.45) is 0.820. The Hall–Kier alpha value is -1.69. The third-order valence-electron chi connectivity index (χ3n) is 3.76. The summed E-state index contributed by atoms with van der Waals surface area (Å²) >= 11 is 1.72. The first-order chi connectivity index (χ1) is 10.9. The number of ether oxygens (including phenoxy) is 1. The van der Waals surface area contributed by atoms with Gasteiger partial charge in [0.05, 0.1) is 11.0 Å². The number of hydrogen-bond donors (Lipinski definition) is 1. The molecule has 1 atom stereocenters. The Balaban J connectivity index is 1.51. The number of thioether (sulfide) groups is 1. The molecule has 1 N–H and O–H groups in total. The summed E-state index contributed by atoms with van der Waals surface area (Å²) in [6, 6.07) is 8.04. The van der Waals surface area contributed by atoms with E-state index >= 15 is 0 Å². The fraction of sp³-hybridized carbons (Fsp3) is 0.529. The van der Waals surface area contributed by atoms with E-state index in [0.717, 1.165) is 41.5 Å². The highest BCUT2D eigenvalue weighted by Gasteiger charge is 2.29. The number of nitrogens with one attached hydrogen (secondary N) is 1. The average molecular weight is 333 g/mol. The van der Waals surface area contributed by atoms with Gasteiger partial charge in [0.2, 0.25) is 0 Å². The molecule has 3 rings (SSSR count). The Morgan fingerprint density at radius 2 is 2.22 bits per heavy atom. The number of aromatic amines is 1. The van der Waals surface area contributed by atoms with Gasteiger partial charge in [0, 0.05) is 18.8 Å². The van der Waals surface area contributed by atoms with E-state index in [1.807, 2.05) is 49.9 Å². The molecule has 1 aromatic carbocycles. The smallest absolute Gasteiger partial charge is 0.410 e. The first-order valence-electron chi connectivity index (χ1n) is 7.96. The number of carbonyl (C=O) groups is 1. The lowest BCUT2D eigenvalue weighted by Gasteiger charge is -2.24. The zero-order chi connectivity index (χ0) is 16.4. The summed E-state index contributed by atoms with van der Waals surface area (Å²) in [5.74, 6) is 1.44. The molecule has 6 heteroatoms. The van der Waals surface area contributed by atoms with Crippen LogP contribution in [0, 0.1) is 5.92 Å². The SMILES string of the molecule is CC(C)(C)OC(=O)N1CCC(CSc2nc3ccccc3[nH]2)C1. The van der Waals surface area contributed by atoms with Crippen LogP contribution in [0.15, 0.2) is 29.4 Å². The highest BCUT2D eigenvalue weighted by molar-refractivity contribution is 7.99. The number of aromatic nitrogens is 2. The van der Waals surface area contributed by atoms with Crippen molar-refractivity contribution in [3.8, 4) is 0 Å². The Morgan fingerprint density at radius 3 is 2.96 bits per heavy atom. The highest BCUT2D eigenvalue weighted by Crippen LogP contribution is 2.26. The second kappa shape index (κ2) is 6.43. The lowest BCUT2D eigenvalue weighted by atomic mass is 10.2. The summed E-state index contributed by atoms with van der Waals surface area (Å²) in [5, 5.41) is 0.946. The molecule has 1 fully saturated rings. The molecule has 2 aromatic rings. The molecule has 1 aliphatic heterocycles. The number of likely N-dealkylation sites (tertiary alicyclic amines) is 1. The molecule has 0 radical (unpaired) electrons. The van der Waals surface area contributed by atoms with Gasteiger partial charge in [-0.1, -0.05) is 23.9 Å². The number of hydrogen-bond acceptors (Lipinski definition) is 4. The molecule has 2 heterocycles. The standard InChI is InChI=1S/C17H23N3O2S/c1-17(2,3)22-16(21)20-9-8-12(10-20)11-23-15-18-13-6-4-5-7-14(13)19-15/h4-7,12H,8-11H2,1-3H3,(H,18,19). The minimum Gasteiger partial charge on any atom is -0.444 e. The maximum Gasteiger partial charge on any atom is 0.410 e. The van der Waals surface area contributed by atoms with E-state index in [-0.39, 0.29) is 6.09 Å². The van der Waals surface area contributed by atoms with Gasteiger partial charge >= 0.3 is 6.09 Å². The Kier molecular flexibility index (Phi) is 4.53. The van der Waals surface area contributed by atoms with E-state index in [2.05, 4.69) is 9.97 Å². The lowest BCUT2D eigenvalue weighted by Crippen LogP contribution is -2.35. The van der Waals surface area contributed by atoms with Crippen molar-refractivity contribution in [1.29, 1.82) is 0 Å². The van der Waals surface area contributed by atoms with Crippen LogP contribution in [0.1, 0.15) is 27.2 Å². The number of imidazole rings is 1. The molecule has 1 unspecified atom stereocenters. The van der Waals surface area contributed by atoms with Gasteiger partial charge in [0.1, 0.15) is 5.60 Å². The summed E-state index contributed by atoms with van der Waals surface area (Å²) in [7, 11) is 0. The van der Waals surface area contributed by atoms with Gasteiger partial charge in [-0.15, -0.1) is 0 Å². The van der Waals surface area contributed by atoms with Gasteiger partial charge < -0.3 is 14.6 Å². The quantitative estimate of drug-likeness (QED) is 0.865. The van der Waals surface area contributed by atoms with Crippen molar-refractivity contribution in [2.24, 2.45) is 5.92 Å². The topological polar surface area (TPSA) is 58.2 Å². The number of benzene rings is 1. The molecular weight excluding hydrogens is 310 g/mol. The monoisotopic (exact) mass is 333 g/mol. The van der Waals surface area contributed by atoms with Gasteiger partial charge in [-0.2, -0.15) is 0 Å². The minimum absolute atomic E-state index is 0.200. The molecule has 1 amide bonds. The Morgan fingerprint density at radius 1 is 1.43 bits per heavy atom. The lowest BCUT2D eigenvalue weighted by molar-refractivity contribution is 0.0289. The third-order valence-corrected chi connectivity index (χ3v) is 4.87. The predicted octanol–water partition coefficient (Wildman–Crippen LogP) is 3.91. The molecule has 124 valence electrons. The fourth-order valence-electron chi connectivity index (χ4n) is 2.66. The molecule has 0 saturated carbocycles. The van der Waals surface area contributed by atoms with E-state index < -0.39 is 5.60 Å². The number of para-hydroxylation sites is 2. The van der Waals surface area contributed by atoms with E-state index in [0.29, 0.717) is 5.92 Å². The van der Waals surface area contributed by atoms with Crippen molar-refractivity contribution in [2.75, 3.05) is 18.8 Å².